The van der Waals surface area contributed by atoms with E-state index in [1.54, 1.807) is 0 Å². The Labute approximate surface area is 157 Å². The fourth-order valence-corrected chi connectivity index (χ4v) is 5.25. The van der Waals surface area contributed by atoms with E-state index in [1.807, 2.05) is 53.1 Å². The Bertz CT molecular complexity index is 972. The fourth-order valence-electron chi connectivity index (χ4n) is 3.24. The predicted molar refractivity (Wildman–Crippen MR) is 102 cm³/mol. The molecule has 0 unspecified atom stereocenters. The van der Waals surface area contributed by atoms with Gasteiger partial charge in [-0.25, -0.2) is 0 Å². The molecule has 0 N–H and O–H groups in total. The predicted octanol–water partition coefficient (Wildman–Crippen LogP) is 1.62. The molecule has 0 bridgehead atoms. The van der Waals surface area contributed by atoms with Crippen LogP contribution < -0.4 is 4.43 Å². The summed E-state index contributed by atoms with van der Waals surface area (Å²) in [6.45, 7) is 4.92. The molecule has 0 aliphatic carbocycles. The molecule has 3 aromatic rings. The zero-order valence-electron chi connectivity index (χ0n) is 14.4. The molecule has 2 aromatic carbocycles. The maximum absolute atomic E-state index is 12.6. The molecule has 26 heavy (non-hydrogen) atoms. The molecule has 5 nitrogen and oxygen atoms in total. The molecule has 0 amide bonds. The number of carbonyl (C=O) groups is 1. The third-order valence-electron chi connectivity index (χ3n) is 4.71. The molecule has 2 heterocycles. The van der Waals surface area contributed by atoms with E-state index in [9.17, 15) is 9.59 Å². The second kappa shape index (κ2) is 7.72. The van der Waals surface area contributed by atoms with Crippen molar-refractivity contribution in [3.8, 4) is 0 Å². The molecule has 0 radical (unpaired) electrons. The first kappa shape index (κ1) is 17.4. The van der Waals surface area contributed by atoms with Crippen molar-refractivity contribution in [1.29, 1.82) is 0 Å². The summed E-state index contributed by atoms with van der Waals surface area (Å²) in [7, 11) is 0. The SMILES string of the molecule is O=C(c1ccccc1)c1ccc2c(c1)[se]c(=O)n2CCN1CCOCC1. The quantitative estimate of drug-likeness (QED) is 0.470. The van der Waals surface area contributed by atoms with Crippen LogP contribution in [0.15, 0.2) is 53.3 Å². The summed E-state index contributed by atoms with van der Waals surface area (Å²) < 4.78 is 8.42. The Morgan fingerprint density at radius 3 is 2.54 bits per heavy atom. The van der Waals surface area contributed by atoms with Crippen LogP contribution in [0.4, 0.5) is 0 Å². The summed E-state index contributed by atoms with van der Waals surface area (Å²) in [5.74, 6) is 0.00316. The Kier molecular flexibility index (Phi) is 5.18. The number of ketones is 1. The van der Waals surface area contributed by atoms with Crippen LogP contribution >= 0.6 is 0 Å². The number of aromatic nitrogens is 1. The number of hydrogen-bond acceptors (Lipinski definition) is 4. The average Bonchev–Trinajstić information content (AvgIpc) is 3.01. The Balaban J connectivity index is 1.58. The summed E-state index contributed by atoms with van der Waals surface area (Å²) >= 11 is -0.257. The molecule has 4 rings (SSSR count). The molecule has 0 spiro atoms. The number of nitrogens with zero attached hydrogens (tertiary/aromatic N) is 2. The number of fused-ring (bicyclic) bond motifs is 1. The van der Waals surface area contributed by atoms with Crippen LogP contribution in [0.3, 0.4) is 0 Å². The Hall–Kier alpha value is -1.98. The molecule has 1 aromatic heterocycles. The monoisotopic (exact) mass is 416 g/mol. The standard InChI is InChI=1S/C20H20N2O3Se/c23-19(15-4-2-1-3-5-15)16-6-7-17-18(14-16)26-20(24)22(17)9-8-21-10-12-25-13-11-21/h1-7,14H,8-13H2. The number of carbonyl (C=O) groups excluding carboxylic acids is 1. The third kappa shape index (κ3) is 3.60. The van der Waals surface area contributed by atoms with Crippen molar-refractivity contribution in [2.45, 2.75) is 6.54 Å². The fraction of sp³-hybridized carbons (Fsp3) is 0.300. The van der Waals surface area contributed by atoms with Crippen molar-refractivity contribution in [2.24, 2.45) is 0 Å². The van der Waals surface area contributed by atoms with Crippen LogP contribution in [-0.2, 0) is 11.3 Å². The Morgan fingerprint density at radius 1 is 1.00 bits per heavy atom. The summed E-state index contributed by atoms with van der Waals surface area (Å²) in [4.78, 5) is 27.4. The van der Waals surface area contributed by atoms with Gasteiger partial charge in [0.25, 0.3) is 0 Å². The van der Waals surface area contributed by atoms with E-state index in [4.69, 9.17) is 4.74 Å². The van der Waals surface area contributed by atoms with Crippen LogP contribution in [0.2, 0.25) is 0 Å². The van der Waals surface area contributed by atoms with Crippen LogP contribution in [0, 0.1) is 0 Å². The van der Waals surface area contributed by atoms with E-state index in [1.165, 1.54) is 0 Å². The zero-order valence-corrected chi connectivity index (χ0v) is 16.1. The van der Waals surface area contributed by atoms with Crippen molar-refractivity contribution in [2.75, 3.05) is 32.8 Å². The van der Waals surface area contributed by atoms with E-state index < -0.39 is 0 Å². The second-order valence-corrected chi connectivity index (χ2v) is 8.44. The number of hydrogen-bond donors (Lipinski definition) is 0. The van der Waals surface area contributed by atoms with Crippen molar-refractivity contribution >= 4 is 30.1 Å². The van der Waals surface area contributed by atoms with E-state index in [-0.39, 0.29) is 24.7 Å². The molecule has 134 valence electrons. The van der Waals surface area contributed by atoms with Gasteiger partial charge < -0.3 is 0 Å². The molecule has 1 aliphatic rings. The zero-order chi connectivity index (χ0) is 17.9. The third-order valence-corrected chi connectivity index (χ3v) is 6.69. The normalized spacial score (nSPS) is 15.4. The van der Waals surface area contributed by atoms with Gasteiger partial charge in [0.1, 0.15) is 0 Å². The van der Waals surface area contributed by atoms with Gasteiger partial charge in [0, 0.05) is 0 Å². The second-order valence-electron chi connectivity index (χ2n) is 6.35. The molecular formula is C20H20N2O3Se. The topological polar surface area (TPSA) is 51.5 Å². The molecular weight excluding hydrogens is 395 g/mol. The minimum atomic E-state index is -0.257. The molecule has 1 aliphatic heterocycles. The molecule has 1 saturated heterocycles. The van der Waals surface area contributed by atoms with Gasteiger partial charge in [-0.15, -0.1) is 0 Å². The summed E-state index contributed by atoms with van der Waals surface area (Å²) in [6.07, 6.45) is 0. The molecule has 0 saturated carbocycles. The van der Waals surface area contributed by atoms with Gasteiger partial charge in [-0.1, -0.05) is 0 Å². The first-order chi connectivity index (χ1) is 12.7. The first-order valence-corrected chi connectivity index (χ1v) is 10.5. The van der Waals surface area contributed by atoms with E-state index >= 15 is 0 Å². The molecule has 6 heteroatoms. The van der Waals surface area contributed by atoms with E-state index in [0.29, 0.717) is 17.7 Å². The van der Waals surface area contributed by atoms with Gasteiger partial charge in [-0.05, 0) is 0 Å². The van der Waals surface area contributed by atoms with Crippen LogP contribution in [0.5, 0.6) is 0 Å². The number of ether oxygens (including phenoxy) is 1. The van der Waals surface area contributed by atoms with Gasteiger partial charge in [0.15, 0.2) is 0 Å². The minimum absolute atomic E-state index is 0.00316. The van der Waals surface area contributed by atoms with Gasteiger partial charge in [-0.3, -0.25) is 0 Å². The Morgan fingerprint density at radius 2 is 1.77 bits per heavy atom. The van der Waals surface area contributed by atoms with Crippen molar-refractivity contribution < 1.29 is 9.53 Å². The number of benzene rings is 2. The maximum atomic E-state index is 12.6. The summed E-state index contributed by atoms with van der Waals surface area (Å²) in [5, 5.41) is 0. The van der Waals surface area contributed by atoms with Gasteiger partial charge in [-0.2, -0.15) is 0 Å². The van der Waals surface area contributed by atoms with Crippen LogP contribution in [-0.4, -0.2) is 62.6 Å². The number of rotatable bonds is 5. The van der Waals surface area contributed by atoms with Gasteiger partial charge >= 0.3 is 157 Å². The van der Waals surface area contributed by atoms with Crippen LogP contribution in [0.25, 0.3) is 9.78 Å². The van der Waals surface area contributed by atoms with Gasteiger partial charge in [0.05, 0.1) is 0 Å². The first-order valence-electron chi connectivity index (χ1n) is 8.75. The van der Waals surface area contributed by atoms with Gasteiger partial charge in [0.2, 0.25) is 0 Å². The van der Waals surface area contributed by atoms with Crippen LogP contribution in [0.1, 0.15) is 15.9 Å². The van der Waals surface area contributed by atoms with Crippen molar-refractivity contribution in [3.05, 3.63) is 68.9 Å². The van der Waals surface area contributed by atoms with Crippen molar-refractivity contribution in [3.63, 3.8) is 0 Å². The summed E-state index contributed by atoms with van der Waals surface area (Å²) in [5.41, 5.74) is 2.29. The average molecular weight is 415 g/mol. The van der Waals surface area contributed by atoms with E-state index in [0.717, 1.165) is 42.6 Å². The van der Waals surface area contributed by atoms with E-state index in [2.05, 4.69) is 4.90 Å². The van der Waals surface area contributed by atoms with Crippen molar-refractivity contribution in [1.82, 2.24) is 9.47 Å². The molecule has 0 atom stereocenters. The number of morpholine rings is 1. The molecule has 1 fully saturated rings. The summed E-state index contributed by atoms with van der Waals surface area (Å²) in [6, 6.07) is 14.9.